The zero-order valence-electron chi connectivity index (χ0n) is 8.15. The molecule has 0 aromatic heterocycles. The van der Waals surface area contributed by atoms with Crippen LogP contribution in [0.25, 0.3) is 0 Å². The maximum absolute atomic E-state index is 13.0. The molecule has 0 N–H and O–H groups in total. The second kappa shape index (κ2) is 2.44. The van der Waals surface area contributed by atoms with Gasteiger partial charge in [0.2, 0.25) is 5.91 Å². The smallest absolute Gasteiger partial charge is 0.228 e. The van der Waals surface area contributed by atoms with E-state index in [0.29, 0.717) is 0 Å². The van der Waals surface area contributed by atoms with Crippen molar-refractivity contribution in [3.05, 3.63) is 0 Å². The Kier molecular flexibility index (Phi) is 1.93. The Hall–Kier alpha value is -0.600. The number of rotatable bonds is 0. The fourth-order valence-electron chi connectivity index (χ4n) is 1.37. The van der Waals surface area contributed by atoms with Crippen LogP contribution in [0.1, 0.15) is 27.7 Å². The summed E-state index contributed by atoms with van der Waals surface area (Å²) in [5, 5.41) is 0. The summed E-state index contributed by atoms with van der Waals surface area (Å²) in [6.45, 7) is 7.58. The molecule has 0 atom stereocenters. The zero-order valence-corrected chi connectivity index (χ0v) is 8.15. The Morgan fingerprint density at radius 1 is 1.42 bits per heavy atom. The third-order valence-electron chi connectivity index (χ3n) is 1.97. The molecule has 0 aromatic carbocycles. The van der Waals surface area contributed by atoms with Gasteiger partial charge in [0.15, 0.2) is 0 Å². The van der Waals surface area contributed by atoms with Crippen molar-refractivity contribution >= 4 is 5.91 Å². The number of nitrogens with zero attached hydrogens (tertiary/aromatic N) is 1. The molecule has 2 nitrogen and oxygen atoms in total. The maximum atomic E-state index is 13.0. The summed E-state index contributed by atoms with van der Waals surface area (Å²) in [6, 6.07) is 0. The predicted octanol–water partition coefficient (Wildman–Crippen LogP) is 1.60. The quantitative estimate of drug-likeness (QED) is 0.545. The van der Waals surface area contributed by atoms with E-state index in [0.717, 1.165) is 0 Å². The first kappa shape index (κ1) is 9.49. The van der Waals surface area contributed by atoms with Crippen LogP contribution in [0, 0.1) is 5.41 Å². The van der Waals surface area contributed by atoms with E-state index in [9.17, 15) is 9.18 Å². The average Bonchev–Trinajstić information content (AvgIpc) is 1.78. The third kappa shape index (κ3) is 1.76. The van der Waals surface area contributed by atoms with E-state index < -0.39 is 5.67 Å². The van der Waals surface area contributed by atoms with E-state index in [1.54, 1.807) is 4.90 Å². The van der Waals surface area contributed by atoms with E-state index >= 15 is 0 Å². The maximum Gasteiger partial charge on any atom is 0.228 e. The van der Waals surface area contributed by atoms with Crippen LogP contribution in [-0.4, -0.2) is 29.6 Å². The van der Waals surface area contributed by atoms with Crippen molar-refractivity contribution in [1.29, 1.82) is 0 Å². The lowest BCUT2D eigenvalue weighted by atomic mass is 9.90. The molecule has 1 rings (SSSR count). The van der Waals surface area contributed by atoms with Gasteiger partial charge < -0.3 is 4.90 Å². The van der Waals surface area contributed by atoms with Crippen LogP contribution in [0.3, 0.4) is 0 Å². The summed E-state index contributed by atoms with van der Waals surface area (Å²) in [6.07, 6.45) is 0. The lowest BCUT2D eigenvalue weighted by Gasteiger charge is -2.44. The van der Waals surface area contributed by atoms with E-state index in [1.165, 1.54) is 6.92 Å². The van der Waals surface area contributed by atoms with Gasteiger partial charge in [-0.05, 0) is 6.92 Å². The van der Waals surface area contributed by atoms with Gasteiger partial charge in [0.05, 0.1) is 13.1 Å². The Balaban J connectivity index is 2.50. The van der Waals surface area contributed by atoms with Crippen LogP contribution in [0.2, 0.25) is 0 Å². The van der Waals surface area contributed by atoms with Gasteiger partial charge in [-0.2, -0.15) is 0 Å². The Labute approximate surface area is 72.7 Å². The molecule has 70 valence electrons. The molecule has 0 unspecified atom stereocenters. The summed E-state index contributed by atoms with van der Waals surface area (Å²) in [4.78, 5) is 13.1. The van der Waals surface area contributed by atoms with Crippen LogP contribution >= 0.6 is 0 Å². The van der Waals surface area contributed by atoms with E-state index in [1.807, 2.05) is 20.8 Å². The summed E-state index contributed by atoms with van der Waals surface area (Å²) in [7, 11) is 0. The SMILES string of the molecule is CC1(F)CN(C(=O)C(C)(C)C)C1. The number of carbonyl (C=O) groups is 1. The highest BCUT2D eigenvalue weighted by Crippen LogP contribution is 2.29. The number of amides is 1. The highest BCUT2D eigenvalue weighted by Gasteiger charge is 2.44. The van der Waals surface area contributed by atoms with Crippen LogP contribution in [0.5, 0.6) is 0 Å². The largest absolute Gasteiger partial charge is 0.336 e. The lowest BCUT2D eigenvalue weighted by Crippen LogP contribution is -2.61. The summed E-state index contributed by atoms with van der Waals surface area (Å²) < 4.78 is 13.0. The fraction of sp³-hybridized carbons (Fsp3) is 0.889. The summed E-state index contributed by atoms with van der Waals surface area (Å²) >= 11 is 0. The zero-order chi connectivity index (χ0) is 9.57. The molecule has 0 bridgehead atoms. The number of hydrogen-bond acceptors (Lipinski definition) is 1. The Morgan fingerprint density at radius 2 is 1.83 bits per heavy atom. The van der Waals surface area contributed by atoms with Crippen molar-refractivity contribution < 1.29 is 9.18 Å². The monoisotopic (exact) mass is 173 g/mol. The normalized spacial score (nSPS) is 21.9. The number of carbonyl (C=O) groups excluding carboxylic acids is 1. The molecule has 1 fully saturated rings. The number of hydrogen-bond donors (Lipinski definition) is 0. The Bertz CT molecular complexity index is 197. The molecule has 1 aliphatic heterocycles. The van der Waals surface area contributed by atoms with Crippen LogP contribution in [-0.2, 0) is 4.79 Å². The van der Waals surface area contributed by atoms with Gasteiger partial charge in [0, 0.05) is 5.41 Å². The second-order valence-corrected chi connectivity index (χ2v) is 4.82. The van der Waals surface area contributed by atoms with Crippen LogP contribution < -0.4 is 0 Å². The molecule has 1 amide bonds. The number of likely N-dealkylation sites (tertiary alicyclic amines) is 1. The summed E-state index contributed by atoms with van der Waals surface area (Å²) in [5.41, 5.74) is -1.53. The van der Waals surface area contributed by atoms with Gasteiger partial charge in [-0.15, -0.1) is 0 Å². The molecule has 1 heterocycles. The lowest BCUT2D eigenvalue weighted by molar-refractivity contribution is -0.152. The van der Waals surface area contributed by atoms with E-state index in [-0.39, 0.29) is 24.4 Å². The molecule has 0 saturated carbocycles. The van der Waals surface area contributed by atoms with Crippen molar-refractivity contribution in [2.24, 2.45) is 5.41 Å². The molecule has 1 saturated heterocycles. The van der Waals surface area contributed by atoms with Gasteiger partial charge >= 0.3 is 0 Å². The van der Waals surface area contributed by atoms with Crippen molar-refractivity contribution in [1.82, 2.24) is 4.90 Å². The second-order valence-electron chi connectivity index (χ2n) is 4.82. The first-order valence-corrected chi connectivity index (χ1v) is 4.21. The topological polar surface area (TPSA) is 20.3 Å². The molecular formula is C9H16FNO. The first-order valence-electron chi connectivity index (χ1n) is 4.21. The van der Waals surface area contributed by atoms with Gasteiger partial charge in [-0.3, -0.25) is 4.79 Å². The fourth-order valence-corrected chi connectivity index (χ4v) is 1.37. The van der Waals surface area contributed by atoms with Gasteiger partial charge in [0.25, 0.3) is 0 Å². The van der Waals surface area contributed by atoms with Gasteiger partial charge in [-0.25, -0.2) is 4.39 Å². The number of alkyl halides is 1. The van der Waals surface area contributed by atoms with Crippen molar-refractivity contribution in [3.63, 3.8) is 0 Å². The minimum absolute atomic E-state index is 0.0395. The van der Waals surface area contributed by atoms with Crippen molar-refractivity contribution in [2.45, 2.75) is 33.4 Å². The predicted molar refractivity (Wildman–Crippen MR) is 45.5 cm³/mol. The minimum Gasteiger partial charge on any atom is -0.336 e. The average molecular weight is 173 g/mol. The first-order chi connectivity index (χ1) is 5.22. The van der Waals surface area contributed by atoms with Crippen LogP contribution in [0.4, 0.5) is 4.39 Å². The van der Waals surface area contributed by atoms with Gasteiger partial charge in [-0.1, -0.05) is 20.8 Å². The van der Waals surface area contributed by atoms with Gasteiger partial charge in [0.1, 0.15) is 5.67 Å². The highest BCUT2D eigenvalue weighted by atomic mass is 19.1. The molecule has 0 aliphatic carbocycles. The molecule has 0 aromatic rings. The standard InChI is InChI=1S/C9H16FNO/c1-8(2,3)7(12)11-5-9(4,10)6-11/h5-6H2,1-4H3. The summed E-state index contributed by atoms with van der Waals surface area (Å²) in [5.74, 6) is 0.0395. The van der Waals surface area contributed by atoms with Crippen molar-refractivity contribution in [3.8, 4) is 0 Å². The van der Waals surface area contributed by atoms with Crippen LogP contribution in [0.15, 0.2) is 0 Å². The molecule has 0 spiro atoms. The minimum atomic E-state index is -1.15. The molecular weight excluding hydrogens is 157 g/mol. The Morgan fingerprint density at radius 3 is 2.08 bits per heavy atom. The van der Waals surface area contributed by atoms with E-state index in [4.69, 9.17) is 0 Å². The van der Waals surface area contributed by atoms with Crippen molar-refractivity contribution in [2.75, 3.05) is 13.1 Å². The molecule has 12 heavy (non-hydrogen) atoms. The molecule has 0 radical (unpaired) electrons. The molecule has 3 heteroatoms. The number of halogens is 1. The van der Waals surface area contributed by atoms with E-state index in [2.05, 4.69) is 0 Å². The third-order valence-corrected chi connectivity index (χ3v) is 1.97. The molecule has 1 aliphatic rings. The highest BCUT2D eigenvalue weighted by molar-refractivity contribution is 5.82.